The molecule has 1 aliphatic heterocycles. The monoisotopic (exact) mass is 317 g/mol. The van der Waals surface area contributed by atoms with Gasteiger partial charge in [-0.1, -0.05) is 13.3 Å². The Kier molecular flexibility index (Phi) is 3.60. The molecule has 2 aromatic heterocycles. The average molecular weight is 317 g/mol. The largest absolute Gasteiger partial charge is 0.463 e. The molecule has 4 rings (SSSR count). The van der Waals surface area contributed by atoms with E-state index in [1.165, 1.54) is 19.3 Å². The Morgan fingerprint density at radius 2 is 2.09 bits per heavy atom. The van der Waals surface area contributed by atoms with Gasteiger partial charge in [0.1, 0.15) is 11.6 Å². The Morgan fingerprint density at radius 3 is 2.74 bits per heavy atom. The molecule has 2 fully saturated rings. The van der Waals surface area contributed by atoms with Crippen molar-refractivity contribution in [1.29, 1.82) is 0 Å². The van der Waals surface area contributed by atoms with E-state index in [4.69, 9.17) is 15.2 Å². The molecule has 0 spiro atoms. The first-order valence-electron chi connectivity index (χ1n) is 8.41. The van der Waals surface area contributed by atoms with Crippen molar-refractivity contribution >= 4 is 16.9 Å². The molecule has 1 saturated carbocycles. The topological polar surface area (TPSA) is 98.9 Å². The molecule has 0 aromatic carbocycles. The van der Waals surface area contributed by atoms with E-state index in [2.05, 4.69) is 34.0 Å². The van der Waals surface area contributed by atoms with E-state index in [0.29, 0.717) is 41.3 Å². The third-order valence-corrected chi connectivity index (χ3v) is 5.19. The molecule has 0 radical (unpaired) electrons. The van der Waals surface area contributed by atoms with Crippen LogP contribution in [-0.2, 0) is 4.74 Å². The minimum Gasteiger partial charge on any atom is -0.463 e. The maximum atomic E-state index is 6.02. The molecule has 3 N–H and O–H groups in total. The van der Waals surface area contributed by atoms with E-state index in [1.54, 1.807) is 0 Å². The van der Waals surface area contributed by atoms with Gasteiger partial charge in [0.05, 0.1) is 18.4 Å². The number of anilines is 1. The van der Waals surface area contributed by atoms with Crippen LogP contribution in [0, 0.1) is 11.8 Å². The predicted octanol–water partition coefficient (Wildman–Crippen LogP) is 2.60. The lowest BCUT2D eigenvalue weighted by Crippen LogP contribution is -2.20. The van der Waals surface area contributed by atoms with Crippen LogP contribution in [0.5, 0.6) is 6.01 Å². The number of ether oxygens (including phenoxy) is 2. The van der Waals surface area contributed by atoms with Crippen LogP contribution in [0.15, 0.2) is 0 Å². The molecule has 23 heavy (non-hydrogen) atoms. The number of nitrogens with two attached hydrogens (primary N) is 1. The van der Waals surface area contributed by atoms with Crippen molar-refractivity contribution in [2.24, 2.45) is 11.8 Å². The second-order valence-corrected chi connectivity index (χ2v) is 6.88. The standard InChI is InChI=1S/C16H23N5O2/c1-8-6-11(23-9(8)2)12-13-14(21-20-12)15(17)19-16(18-13)22-7-10-4-3-5-10/h8-11H,3-7H2,1-2H3,(H,20,21)(H2,17,18,19)/t8-,9+,11+/m0/s1. The summed E-state index contributed by atoms with van der Waals surface area (Å²) in [4.78, 5) is 8.76. The number of nitrogen functional groups attached to an aromatic ring is 1. The van der Waals surface area contributed by atoms with Crippen LogP contribution in [0.3, 0.4) is 0 Å². The van der Waals surface area contributed by atoms with Gasteiger partial charge in [-0.3, -0.25) is 5.10 Å². The van der Waals surface area contributed by atoms with E-state index in [0.717, 1.165) is 12.1 Å². The number of nitrogens with zero attached hydrogens (tertiary/aromatic N) is 3. The fourth-order valence-corrected chi connectivity index (χ4v) is 3.22. The van der Waals surface area contributed by atoms with Gasteiger partial charge in [-0.2, -0.15) is 15.1 Å². The maximum absolute atomic E-state index is 6.02. The quantitative estimate of drug-likeness (QED) is 0.899. The number of aromatic nitrogens is 4. The summed E-state index contributed by atoms with van der Waals surface area (Å²) in [7, 11) is 0. The number of fused-ring (bicyclic) bond motifs is 1. The summed E-state index contributed by atoms with van der Waals surface area (Å²) in [6, 6.07) is 0.337. The molecule has 2 aliphatic rings. The molecule has 0 unspecified atom stereocenters. The first kappa shape index (κ1) is 14.7. The molecule has 2 aromatic rings. The predicted molar refractivity (Wildman–Crippen MR) is 86.0 cm³/mol. The summed E-state index contributed by atoms with van der Waals surface area (Å²) >= 11 is 0. The molecule has 0 bridgehead atoms. The molecule has 124 valence electrons. The minimum atomic E-state index is -0.0289. The highest BCUT2D eigenvalue weighted by Crippen LogP contribution is 2.38. The third-order valence-electron chi connectivity index (χ3n) is 5.19. The summed E-state index contributed by atoms with van der Waals surface area (Å²) in [5.74, 6) is 1.48. The number of hydrogen-bond donors (Lipinski definition) is 2. The Hall–Kier alpha value is -1.89. The third kappa shape index (κ3) is 2.63. The van der Waals surface area contributed by atoms with Crippen LogP contribution in [0.25, 0.3) is 11.0 Å². The maximum Gasteiger partial charge on any atom is 0.319 e. The molecule has 7 heteroatoms. The zero-order valence-electron chi connectivity index (χ0n) is 13.6. The molecule has 3 atom stereocenters. The van der Waals surface area contributed by atoms with Gasteiger partial charge in [0, 0.05) is 0 Å². The van der Waals surface area contributed by atoms with Crippen molar-refractivity contribution < 1.29 is 9.47 Å². The Balaban J connectivity index is 1.62. The SMILES string of the molecule is C[C@H]1C[C@H](c2[nH]nc3c(N)nc(OCC4CCC4)nc23)O[C@@H]1C. The van der Waals surface area contributed by atoms with E-state index < -0.39 is 0 Å². The van der Waals surface area contributed by atoms with E-state index in [-0.39, 0.29) is 12.2 Å². The Labute approximate surface area is 135 Å². The zero-order valence-corrected chi connectivity index (χ0v) is 13.6. The first-order valence-corrected chi connectivity index (χ1v) is 8.41. The summed E-state index contributed by atoms with van der Waals surface area (Å²) in [5.41, 5.74) is 8.20. The van der Waals surface area contributed by atoms with E-state index >= 15 is 0 Å². The van der Waals surface area contributed by atoms with Crippen LogP contribution >= 0.6 is 0 Å². The smallest absolute Gasteiger partial charge is 0.319 e. The van der Waals surface area contributed by atoms with Crippen molar-refractivity contribution in [1.82, 2.24) is 20.2 Å². The fourth-order valence-electron chi connectivity index (χ4n) is 3.22. The highest BCUT2D eigenvalue weighted by molar-refractivity contribution is 5.86. The van der Waals surface area contributed by atoms with Crippen molar-refractivity contribution in [3.05, 3.63) is 5.69 Å². The number of aromatic amines is 1. The van der Waals surface area contributed by atoms with Gasteiger partial charge < -0.3 is 15.2 Å². The normalized spacial score (nSPS) is 28.2. The minimum absolute atomic E-state index is 0.0289. The van der Waals surface area contributed by atoms with E-state index in [9.17, 15) is 0 Å². The number of rotatable bonds is 4. The lowest BCUT2D eigenvalue weighted by atomic mass is 9.86. The summed E-state index contributed by atoms with van der Waals surface area (Å²) in [5, 5.41) is 7.30. The second-order valence-electron chi connectivity index (χ2n) is 6.88. The van der Waals surface area contributed by atoms with Gasteiger partial charge in [0.15, 0.2) is 11.3 Å². The van der Waals surface area contributed by atoms with Crippen molar-refractivity contribution in [3.8, 4) is 6.01 Å². The number of hydrogen-bond acceptors (Lipinski definition) is 6. The lowest BCUT2D eigenvalue weighted by Gasteiger charge is -2.24. The first-order chi connectivity index (χ1) is 11.1. The molecular weight excluding hydrogens is 294 g/mol. The zero-order chi connectivity index (χ0) is 16.0. The van der Waals surface area contributed by atoms with Gasteiger partial charge in [0.25, 0.3) is 0 Å². The molecule has 0 amide bonds. The molecule has 1 saturated heterocycles. The summed E-state index contributed by atoms with van der Waals surface area (Å²) < 4.78 is 11.8. The van der Waals surface area contributed by atoms with Gasteiger partial charge in [-0.25, -0.2) is 0 Å². The van der Waals surface area contributed by atoms with Crippen LogP contribution in [-0.4, -0.2) is 32.9 Å². The van der Waals surface area contributed by atoms with Crippen LogP contribution < -0.4 is 10.5 Å². The van der Waals surface area contributed by atoms with E-state index in [1.807, 2.05) is 0 Å². The molecular formula is C16H23N5O2. The van der Waals surface area contributed by atoms with Gasteiger partial charge in [0.2, 0.25) is 0 Å². The molecule has 3 heterocycles. The van der Waals surface area contributed by atoms with Crippen LogP contribution in [0.2, 0.25) is 0 Å². The van der Waals surface area contributed by atoms with Crippen molar-refractivity contribution in [2.75, 3.05) is 12.3 Å². The average Bonchev–Trinajstić information content (AvgIpc) is 3.02. The van der Waals surface area contributed by atoms with Gasteiger partial charge in [-0.05, 0) is 38.0 Å². The number of nitrogens with one attached hydrogen (secondary N) is 1. The van der Waals surface area contributed by atoms with Crippen molar-refractivity contribution in [2.45, 2.75) is 51.7 Å². The van der Waals surface area contributed by atoms with Gasteiger partial charge in [-0.15, -0.1) is 0 Å². The molecule has 1 aliphatic carbocycles. The fraction of sp³-hybridized carbons (Fsp3) is 0.688. The highest BCUT2D eigenvalue weighted by atomic mass is 16.5. The Bertz CT molecular complexity index is 702. The Morgan fingerprint density at radius 1 is 1.26 bits per heavy atom. The van der Waals surface area contributed by atoms with Gasteiger partial charge >= 0.3 is 6.01 Å². The van der Waals surface area contributed by atoms with Crippen molar-refractivity contribution in [3.63, 3.8) is 0 Å². The summed E-state index contributed by atoms with van der Waals surface area (Å²) in [6.07, 6.45) is 4.88. The molecule has 7 nitrogen and oxygen atoms in total. The highest BCUT2D eigenvalue weighted by Gasteiger charge is 2.33. The second kappa shape index (κ2) is 5.63. The number of H-pyrrole nitrogens is 1. The van der Waals surface area contributed by atoms with Crippen LogP contribution in [0.1, 0.15) is 51.3 Å². The summed E-state index contributed by atoms with van der Waals surface area (Å²) in [6.45, 7) is 4.95. The lowest BCUT2D eigenvalue weighted by molar-refractivity contribution is 0.0456. The van der Waals surface area contributed by atoms with Crippen LogP contribution in [0.4, 0.5) is 5.82 Å².